The largest absolute Gasteiger partial charge is 0.305 e. The Morgan fingerprint density at radius 2 is 2.17 bits per heavy atom. The van der Waals surface area contributed by atoms with Gasteiger partial charge < -0.3 is 4.90 Å². The van der Waals surface area contributed by atoms with Crippen LogP contribution in [0.25, 0.3) is 0 Å². The number of likely N-dealkylation sites (N-methyl/N-ethyl adjacent to an activating group) is 1. The Labute approximate surface area is 114 Å². The summed E-state index contributed by atoms with van der Waals surface area (Å²) in [4.78, 5) is 13.4. The Morgan fingerprint density at radius 1 is 1.33 bits per heavy atom. The van der Waals surface area contributed by atoms with Crippen molar-refractivity contribution in [2.45, 2.75) is 32.4 Å². The summed E-state index contributed by atoms with van der Waals surface area (Å²) in [6.45, 7) is 6.57. The molecule has 0 spiro atoms. The molecule has 1 aromatic rings. The van der Waals surface area contributed by atoms with E-state index in [4.69, 9.17) is 11.6 Å². The number of hydrogen-bond acceptors (Lipinski definition) is 4. The Balaban J connectivity index is 2.03. The maximum absolute atomic E-state index is 5.76. The van der Waals surface area contributed by atoms with Gasteiger partial charge in [0.25, 0.3) is 0 Å². The summed E-state index contributed by atoms with van der Waals surface area (Å²) in [6.07, 6.45) is 5.80. The zero-order valence-corrected chi connectivity index (χ0v) is 11.9. The fourth-order valence-electron chi connectivity index (χ4n) is 2.52. The van der Waals surface area contributed by atoms with Crippen LogP contribution in [-0.4, -0.2) is 52.5 Å². The van der Waals surface area contributed by atoms with Gasteiger partial charge in [0.1, 0.15) is 5.15 Å². The molecular formula is C13H21ClN4. The third-order valence-electron chi connectivity index (χ3n) is 3.53. The lowest BCUT2D eigenvalue weighted by molar-refractivity contribution is 0.174. The predicted octanol–water partition coefficient (Wildman–Crippen LogP) is 2.05. The van der Waals surface area contributed by atoms with Crippen LogP contribution in [0.5, 0.6) is 0 Å². The maximum atomic E-state index is 5.76. The quantitative estimate of drug-likeness (QED) is 0.840. The van der Waals surface area contributed by atoms with Gasteiger partial charge in [-0.15, -0.1) is 0 Å². The van der Waals surface area contributed by atoms with E-state index in [1.807, 2.05) is 0 Å². The van der Waals surface area contributed by atoms with Crippen molar-refractivity contribution in [2.24, 2.45) is 0 Å². The fraction of sp³-hybridized carbons (Fsp3) is 0.692. The lowest BCUT2D eigenvalue weighted by atomic mass is 10.2. The van der Waals surface area contributed by atoms with Gasteiger partial charge in [-0.1, -0.05) is 18.5 Å². The lowest BCUT2D eigenvalue weighted by Gasteiger charge is -2.29. The number of hydrogen-bond donors (Lipinski definition) is 0. The standard InChI is InChI=1S/C13H21ClN4/c1-3-12-10-17(2)5-4-6-18(12)9-11-7-16-13(14)8-15-11/h7-8,12H,3-6,9-10H2,1-2H3. The molecule has 1 saturated heterocycles. The predicted molar refractivity (Wildman–Crippen MR) is 73.6 cm³/mol. The van der Waals surface area contributed by atoms with Gasteiger partial charge in [0, 0.05) is 25.7 Å². The summed E-state index contributed by atoms with van der Waals surface area (Å²) in [5, 5.41) is 0.460. The molecule has 0 N–H and O–H groups in total. The first-order valence-corrected chi connectivity index (χ1v) is 6.96. The topological polar surface area (TPSA) is 32.3 Å². The molecule has 0 aromatic carbocycles. The monoisotopic (exact) mass is 268 g/mol. The van der Waals surface area contributed by atoms with Gasteiger partial charge in [-0.25, -0.2) is 4.98 Å². The van der Waals surface area contributed by atoms with Crippen molar-refractivity contribution in [1.82, 2.24) is 19.8 Å². The number of aromatic nitrogens is 2. The average molecular weight is 269 g/mol. The zero-order valence-electron chi connectivity index (χ0n) is 11.1. The van der Waals surface area contributed by atoms with Crippen molar-refractivity contribution in [3.8, 4) is 0 Å². The average Bonchev–Trinajstić information content (AvgIpc) is 2.54. The van der Waals surface area contributed by atoms with Crippen LogP contribution in [0, 0.1) is 0 Å². The van der Waals surface area contributed by atoms with E-state index in [1.165, 1.54) is 19.4 Å². The van der Waals surface area contributed by atoms with Crippen LogP contribution in [0.3, 0.4) is 0 Å². The molecule has 4 nitrogen and oxygen atoms in total. The molecule has 1 aliphatic heterocycles. The first kappa shape index (κ1) is 13.7. The molecule has 0 radical (unpaired) electrons. The minimum Gasteiger partial charge on any atom is -0.305 e. The van der Waals surface area contributed by atoms with Gasteiger partial charge in [-0.05, 0) is 26.4 Å². The lowest BCUT2D eigenvalue weighted by Crippen LogP contribution is -2.39. The molecule has 1 unspecified atom stereocenters. The molecule has 18 heavy (non-hydrogen) atoms. The second-order valence-electron chi connectivity index (χ2n) is 4.98. The molecule has 1 fully saturated rings. The number of halogens is 1. The van der Waals surface area contributed by atoms with Crippen LogP contribution in [0.4, 0.5) is 0 Å². The van der Waals surface area contributed by atoms with Crippen molar-refractivity contribution in [2.75, 3.05) is 26.7 Å². The van der Waals surface area contributed by atoms with Gasteiger partial charge in [0.15, 0.2) is 0 Å². The molecule has 2 heterocycles. The SMILES string of the molecule is CCC1CN(C)CCCN1Cc1cnc(Cl)cn1. The van der Waals surface area contributed by atoms with Crippen molar-refractivity contribution >= 4 is 11.6 Å². The minimum absolute atomic E-state index is 0.460. The third-order valence-corrected chi connectivity index (χ3v) is 3.73. The van der Waals surface area contributed by atoms with E-state index in [1.54, 1.807) is 12.4 Å². The van der Waals surface area contributed by atoms with Gasteiger partial charge >= 0.3 is 0 Å². The van der Waals surface area contributed by atoms with E-state index < -0.39 is 0 Å². The van der Waals surface area contributed by atoms with Crippen molar-refractivity contribution < 1.29 is 0 Å². The molecule has 1 atom stereocenters. The van der Waals surface area contributed by atoms with Crippen molar-refractivity contribution in [3.05, 3.63) is 23.2 Å². The summed E-state index contributed by atoms with van der Waals surface area (Å²) in [7, 11) is 2.20. The highest BCUT2D eigenvalue weighted by molar-refractivity contribution is 6.29. The minimum atomic E-state index is 0.460. The van der Waals surface area contributed by atoms with Crippen LogP contribution in [0.1, 0.15) is 25.5 Å². The van der Waals surface area contributed by atoms with Crippen LogP contribution in [0.2, 0.25) is 5.15 Å². The summed E-state index contributed by atoms with van der Waals surface area (Å²) in [5.74, 6) is 0. The summed E-state index contributed by atoms with van der Waals surface area (Å²) >= 11 is 5.76. The summed E-state index contributed by atoms with van der Waals surface area (Å²) < 4.78 is 0. The molecule has 0 amide bonds. The van der Waals surface area contributed by atoms with E-state index in [0.29, 0.717) is 11.2 Å². The Kier molecular flexibility index (Phi) is 4.92. The molecule has 1 aliphatic rings. The van der Waals surface area contributed by atoms with Crippen LogP contribution < -0.4 is 0 Å². The second-order valence-corrected chi connectivity index (χ2v) is 5.37. The van der Waals surface area contributed by atoms with E-state index in [-0.39, 0.29) is 0 Å². The highest BCUT2D eigenvalue weighted by atomic mass is 35.5. The normalized spacial score (nSPS) is 22.9. The van der Waals surface area contributed by atoms with Gasteiger partial charge in [0.05, 0.1) is 18.1 Å². The van der Waals surface area contributed by atoms with Gasteiger partial charge in [-0.2, -0.15) is 0 Å². The Bertz CT molecular complexity index is 368. The maximum Gasteiger partial charge on any atom is 0.147 e. The first-order valence-electron chi connectivity index (χ1n) is 6.58. The van der Waals surface area contributed by atoms with Crippen LogP contribution in [0.15, 0.2) is 12.4 Å². The van der Waals surface area contributed by atoms with E-state index in [2.05, 4.69) is 33.7 Å². The molecule has 0 bridgehead atoms. The number of nitrogens with zero attached hydrogens (tertiary/aromatic N) is 4. The molecule has 100 valence electrons. The van der Waals surface area contributed by atoms with Crippen LogP contribution >= 0.6 is 11.6 Å². The molecule has 0 aliphatic carbocycles. The molecule has 5 heteroatoms. The van der Waals surface area contributed by atoms with E-state index >= 15 is 0 Å². The van der Waals surface area contributed by atoms with Crippen molar-refractivity contribution in [3.63, 3.8) is 0 Å². The molecule has 0 saturated carbocycles. The molecule has 1 aromatic heterocycles. The Hall–Kier alpha value is -0.710. The summed E-state index contributed by atoms with van der Waals surface area (Å²) in [6, 6.07) is 0.606. The Morgan fingerprint density at radius 3 is 2.83 bits per heavy atom. The van der Waals surface area contributed by atoms with Gasteiger partial charge in [0.2, 0.25) is 0 Å². The molecular weight excluding hydrogens is 248 g/mol. The number of rotatable bonds is 3. The fourth-order valence-corrected chi connectivity index (χ4v) is 2.61. The van der Waals surface area contributed by atoms with Crippen molar-refractivity contribution in [1.29, 1.82) is 0 Å². The smallest absolute Gasteiger partial charge is 0.147 e. The second kappa shape index (κ2) is 6.45. The summed E-state index contributed by atoms with van der Waals surface area (Å²) in [5.41, 5.74) is 1.00. The third kappa shape index (κ3) is 3.64. The highest BCUT2D eigenvalue weighted by Gasteiger charge is 2.22. The first-order chi connectivity index (χ1) is 8.69. The van der Waals surface area contributed by atoms with Crippen LogP contribution in [-0.2, 0) is 6.54 Å². The van der Waals surface area contributed by atoms with E-state index in [0.717, 1.165) is 25.3 Å². The zero-order chi connectivity index (χ0) is 13.0. The van der Waals surface area contributed by atoms with Gasteiger partial charge in [-0.3, -0.25) is 9.88 Å². The molecule has 2 rings (SSSR count). The highest BCUT2D eigenvalue weighted by Crippen LogP contribution is 2.15. The van der Waals surface area contributed by atoms with E-state index in [9.17, 15) is 0 Å².